The number of hydrogen-bond acceptors (Lipinski definition) is 4. The molecule has 2 unspecified atom stereocenters. The van der Waals surface area contributed by atoms with E-state index in [9.17, 15) is 0 Å². The number of piperidine rings is 1. The maximum Gasteiger partial charge on any atom is 0.0620 e. The Hall–Kier alpha value is -0.160. The second-order valence-corrected chi connectivity index (χ2v) is 5.57. The third-order valence-electron chi connectivity index (χ3n) is 4.00. The molecule has 4 nitrogen and oxygen atoms in total. The Morgan fingerprint density at radius 3 is 3.00 bits per heavy atom. The van der Waals surface area contributed by atoms with Crippen LogP contribution in [0.25, 0.3) is 0 Å². The minimum absolute atomic E-state index is 0.573. The van der Waals surface area contributed by atoms with E-state index in [1.165, 1.54) is 38.9 Å². The molecule has 2 atom stereocenters. The van der Waals surface area contributed by atoms with Gasteiger partial charge in [-0.15, -0.1) is 0 Å². The van der Waals surface area contributed by atoms with Gasteiger partial charge in [-0.05, 0) is 46.4 Å². The van der Waals surface area contributed by atoms with Crippen molar-refractivity contribution in [1.29, 1.82) is 0 Å². The van der Waals surface area contributed by atoms with E-state index in [0.717, 1.165) is 25.8 Å². The quantitative estimate of drug-likeness (QED) is 0.771. The van der Waals surface area contributed by atoms with Crippen LogP contribution in [0.5, 0.6) is 0 Å². The predicted octanol–water partition coefficient (Wildman–Crippen LogP) is 0.391. The zero-order chi connectivity index (χ0) is 12.1. The summed E-state index contributed by atoms with van der Waals surface area (Å²) in [6.07, 6.45) is 3.92. The maximum absolute atomic E-state index is 5.49. The fourth-order valence-corrected chi connectivity index (χ4v) is 2.80. The van der Waals surface area contributed by atoms with Gasteiger partial charge in [-0.3, -0.25) is 0 Å². The van der Waals surface area contributed by atoms with Crippen LogP contribution >= 0.6 is 0 Å². The molecule has 1 N–H and O–H groups in total. The van der Waals surface area contributed by atoms with Crippen LogP contribution in [-0.4, -0.2) is 75.4 Å². The normalized spacial score (nSPS) is 31.9. The van der Waals surface area contributed by atoms with Crippen LogP contribution in [0.1, 0.15) is 19.3 Å². The molecule has 17 heavy (non-hydrogen) atoms. The number of likely N-dealkylation sites (N-methyl/N-ethyl adjacent to an activating group) is 1. The first-order valence-corrected chi connectivity index (χ1v) is 6.95. The number of rotatable bonds is 4. The summed E-state index contributed by atoms with van der Waals surface area (Å²) < 4.78 is 5.49. The fraction of sp³-hybridized carbons (Fsp3) is 1.00. The molecule has 0 aromatic heterocycles. The Morgan fingerprint density at radius 2 is 2.29 bits per heavy atom. The summed E-state index contributed by atoms with van der Waals surface area (Å²) in [4.78, 5) is 4.98. The molecule has 2 rings (SSSR count). The van der Waals surface area contributed by atoms with E-state index >= 15 is 0 Å². The van der Waals surface area contributed by atoms with Crippen LogP contribution in [0.3, 0.4) is 0 Å². The summed E-state index contributed by atoms with van der Waals surface area (Å²) in [6, 6.07) is 1.32. The van der Waals surface area contributed by atoms with E-state index in [0.29, 0.717) is 6.04 Å². The van der Waals surface area contributed by atoms with Gasteiger partial charge in [0.25, 0.3) is 0 Å². The Labute approximate surface area is 105 Å². The molecular weight excluding hydrogens is 214 g/mol. The molecular formula is C13H27N3O. The average molecular weight is 241 g/mol. The van der Waals surface area contributed by atoms with Crippen molar-refractivity contribution in [3.63, 3.8) is 0 Å². The molecule has 2 aliphatic rings. The highest BCUT2D eigenvalue weighted by Gasteiger charge is 2.22. The average Bonchev–Trinajstić information content (AvgIpc) is 2.38. The van der Waals surface area contributed by atoms with Gasteiger partial charge in [0.1, 0.15) is 0 Å². The van der Waals surface area contributed by atoms with Crippen LogP contribution in [0.2, 0.25) is 0 Å². The van der Waals surface area contributed by atoms with E-state index in [1.54, 1.807) is 0 Å². The highest BCUT2D eigenvalue weighted by molar-refractivity contribution is 4.79. The number of ether oxygens (including phenoxy) is 1. The van der Waals surface area contributed by atoms with E-state index in [2.05, 4.69) is 29.2 Å². The van der Waals surface area contributed by atoms with Crippen molar-refractivity contribution >= 4 is 0 Å². The molecule has 2 heterocycles. The molecule has 2 fully saturated rings. The molecule has 0 spiro atoms. The summed E-state index contributed by atoms with van der Waals surface area (Å²) in [5.74, 6) is 0. The first kappa shape index (κ1) is 13.3. The van der Waals surface area contributed by atoms with Crippen molar-refractivity contribution in [2.24, 2.45) is 0 Å². The molecule has 2 aliphatic heterocycles. The van der Waals surface area contributed by atoms with Gasteiger partial charge in [0.05, 0.1) is 13.2 Å². The molecule has 0 bridgehead atoms. The van der Waals surface area contributed by atoms with E-state index in [-0.39, 0.29) is 0 Å². The molecule has 0 radical (unpaired) electrons. The van der Waals surface area contributed by atoms with E-state index in [1.807, 2.05) is 0 Å². The lowest BCUT2D eigenvalue weighted by molar-refractivity contribution is 0.0650. The third kappa shape index (κ3) is 4.21. The lowest BCUT2D eigenvalue weighted by Gasteiger charge is -2.37. The summed E-state index contributed by atoms with van der Waals surface area (Å²) in [5.41, 5.74) is 0. The number of nitrogens with one attached hydrogen (secondary N) is 1. The van der Waals surface area contributed by atoms with E-state index in [4.69, 9.17) is 4.74 Å². The van der Waals surface area contributed by atoms with Gasteiger partial charge >= 0.3 is 0 Å². The number of likely N-dealkylation sites (tertiary alicyclic amines) is 1. The largest absolute Gasteiger partial charge is 0.379 e. The van der Waals surface area contributed by atoms with Crippen LogP contribution in [0.4, 0.5) is 0 Å². The maximum atomic E-state index is 5.49. The van der Waals surface area contributed by atoms with Crippen LogP contribution in [-0.2, 0) is 4.74 Å². The fourth-order valence-electron chi connectivity index (χ4n) is 2.80. The van der Waals surface area contributed by atoms with Crippen molar-refractivity contribution in [3.8, 4) is 0 Å². The molecule has 100 valence electrons. The number of nitrogens with zero attached hydrogens (tertiary/aromatic N) is 2. The lowest BCUT2D eigenvalue weighted by atomic mass is 10.0. The highest BCUT2D eigenvalue weighted by Crippen LogP contribution is 2.14. The van der Waals surface area contributed by atoms with Crippen LogP contribution < -0.4 is 5.32 Å². The summed E-state index contributed by atoms with van der Waals surface area (Å²) in [5, 5.41) is 3.53. The molecule has 0 aliphatic carbocycles. The minimum atomic E-state index is 0.573. The number of hydrogen-bond donors (Lipinski definition) is 1. The van der Waals surface area contributed by atoms with Gasteiger partial charge in [-0.25, -0.2) is 0 Å². The van der Waals surface area contributed by atoms with Crippen molar-refractivity contribution in [1.82, 2.24) is 15.1 Å². The Morgan fingerprint density at radius 1 is 1.41 bits per heavy atom. The molecule has 0 aromatic rings. The SMILES string of the molecule is CN(C)C1CCCN(CCC2COCCN2)C1. The summed E-state index contributed by atoms with van der Waals surface area (Å²) in [6.45, 7) is 6.52. The molecule has 2 saturated heterocycles. The van der Waals surface area contributed by atoms with E-state index < -0.39 is 0 Å². The Balaban J connectivity index is 1.67. The van der Waals surface area contributed by atoms with Gasteiger partial charge < -0.3 is 19.9 Å². The smallest absolute Gasteiger partial charge is 0.0620 e. The van der Waals surface area contributed by atoms with Crippen molar-refractivity contribution in [3.05, 3.63) is 0 Å². The second-order valence-electron chi connectivity index (χ2n) is 5.57. The van der Waals surface area contributed by atoms with Crippen molar-refractivity contribution < 1.29 is 4.74 Å². The Bertz CT molecular complexity index is 217. The molecule has 0 aromatic carbocycles. The van der Waals surface area contributed by atoms with Gasteiger partial charge in [0, 0.05) is 25.2 Å². The van der Waals surface area contributed by atoms with Gasteiger partial charge in [-0.2, -0.15) is 0 Å². The molecule has 0 saturated carbocycles. The standard InChI is InChI=1S/C13H27N3O/c1-15(2)13-4-3-7-16(10-13)8-5-12-11-17-9-6-14-12/h12-14H,3-11H2,1-2H3. The first-order valence-electron chi connectivity index (χ1n) is 6.95. The zero-order valence-electron chi connectivity index (χ0n) is 11.3. The van der Waals surface area contributed by atoms with Gasteiger partial charge in [0.15, 0.2) is 0 Å². The third-order valence-corrected chi connectivity index (χ3v) is 4.00. The molecule has 0 amide bonds. The first-order chi connectivity index (χ1) is 8.25. The predicted molar refractivity (Wildman–Crippen MR) is 70.4 cm³/mol. The van der Waals surface area contributed by atoms with Gasteiger partial charge in [0.2, 0.25) is 0 Å². The topological polar surface area (TPSA) is 27.7 Å². The monoisotopic (exact) mass is 241 g/mol. The van der Waals surface area contributed by atoms with Crippen LogP contribution in [0, 0.1) is 0 Å². The van der Waals surface area contributed by atoms with Crippen molar-refractivity contribution in [2.75, 3.05) is 53.5 Å². The van der Waals surface area contributed by atoms with Gasteiger partial charge in [-0.1, -0.05) is 0 Å². The summed E-state index contributed by atoms with van der Waals surface area (Å²) in [7, 11) is 4.40. The lowest BCUT2D eigenvalue weighted by Crippen LogP contribution is -2.48. The second kappa shape index (κ2) is 6.69. The number of morpholine rings is 1. The highest BCUT2D eigenvalue weighted by atomic mass is 16.5. The molecule has 4 heteroatoms. The zero-order valence-corrected chi connectivity index (χ0v) is 11.3. The summed E-state index contributed by atoms with van der Waals surface area (Å²) >= 11 is 0. The van der Waals surface area contributed by atoms with Crippen LogP contribution in [0.15, 0.2) is 0 Å². The Kier molecular flexibility index (Phi) is 5.22. The van der Waals surface area contributed by atoms with Crippen molar-refractivity contribution in [2.45, 2.75) is 31.3 Å². The minimum Gasteiger partial charge on any atom is -0.379 e.